The van der Waals surface area contributed by atoms with Crippen LogP contribution in [0.2, 0.25) is 0 Å². The Morgan fingerprint density at radius 3 is 2.63 bits per heavy atom. The third kappa shape index (κ3) is 6.28. The van der Waals surface area contributed by atoms with Crippen molar-refractivity contribution < 1.29 is 4.74 Å². The monoisotopic (exact) mass is 267 g/mol. The van der Waals surface area contributed by atoms with Crippen molar-refractivity contribution in [2.24, 2.45) is 10.9 Å². The zero-order chi connectivity index (χ0) is 13.3. The molecule has 0 saturated heterocycles. The maximum Gasteiger partial charge on any atom is 0.191 e. The third-order valence-corrected chi connectivity index (χ3v) is 3.82. The summed E-state index contributed by atoms with van der Waals surface area (Å²) in [5, 5.41) is 6.68. The molecule has 0 aliphatic heterocycles. The first kappa shape index (κ1) is 14.6. The molecule has 2 N–H and O–H groups in total. The van der Waals surface area contributed by atoms with Gasteiger partial charge in [-0.25, -0.2) is 0 Å². The highest BCUT2D eigenvalue weighted by atomic mass is 16.5. The first-order chi connectivity index (χ1) is 9.38. The van der Waals surface area contributed by atoms with E-state index < -0.39 is 0 Å². The first-order valence-electron chi connectivity index (χ1n) is 8.02. The number of nitrogens with one attached hydrogen (secondary N) is 2. The first-order valence-corrected chi connectivity index (χ1v) is 8.02. The third-order valence-electron chi connectivity index (χ3n) is 3.82. The molecule has 2 fully saturated rings. The average Bonchev–Trinajstić information content (AvgIpc) is 3.10. The molecule has 0 amide bonds. The van der Waals surface area contributed by atoms with Crippen molar-refractivity contribution in [1.29, 1.82) is 0 Å². The summed E-state index contributed by atoms with van der Waals surface area (Å²) in [4.78, 5) is 4.60. The summed E-state index contributed by atoms with van der Waals surface area (Å²) in [6.07, 6.45) is 9.54. The van der Waals surface area contributed by atoms with Gasteiger partial charge in [0.2, 0.25) is 0 Å². The Kier molecular flexibility index (Phi) is 6.48. The molecule has 0 aromatic rings. The number of aliphatic imine (C=N–C) groups is 1. The second-order valence-corrected chi connectivity index (χ2v) is 5.72. The average molecular weight is 267 g/mol. The molecular weight excluding hydrogens is 238 g/mol. The van der Waals surface area contributed by atoms with Crippen LogP contribution in [0.3, 0.4) is 0 Å². The number of hydrogen-bond acceptors (Lipinski definition) is 2. The summed E-state index contributed by atoms with van der Waals surface area (Å²) >= 11 is 0. The van der Waals surface area contributed by atoms with Crippen LogP contribution in [-0.2, 0) is 4.74 Å². The minimum Gasteiger partial charge on any atom is -0.378 e. The molecule has 0 unspecified atom stereocenters. The van der Waals surface area contributed by atoms with Crippen LogP contribution in [0.15, 0.2) is 4.99 Å². The highest BCUT2D eigenvalue weighted by molar-refractivity contribution is 5.79. The summed E-state index contributed by atoms with van der Waals surface area (Å²) in [7, 11) is 0. The highest BCUT2D eigenvalue weighted by Crippen LogP contribution is 2.28. The SMILES string of the molecule is CCNC(=NCC1CC1)NCCCOC1CCCC1. The van der Waals surface area contributed by atoms with Crippen LogP contribution in [0.25, 0.3) is 0 Å². The van der Waals surface area contributed by atoms with Crippen molar-refractivity contribution >= 4 is 5.96 Å². The van der Waals surface area contributed by atoms with Crippen LogP contribution < -0.4 is 10.6 Å². The molecular formula is C15H29N3O. The summed E-state index contributed by atoms with van der Waals surface area (Å²) < 4.78 is 5.85. The topological polar surface area (TPSA) is 45.7 Å². The lowest BCUT2D eigenvalue weighted by Gasteiger charge is -2.13. The van der Waals surface area contributed by atoms with E-state index in [2.05, 4.69) is 22.5 Å². The van der Waals surface area contributed by atoms with Gasteiger partial charge in [-0.05, 0) is 44.9 Å². The Balaban J connectivity index is 1.52. The highest BCUT2D eigenvalue weighted by Gasteiger charge is 2.20. The maximum absolute atomic E-state index is 5.85. The van der Waals surface area contributed by atoms with Crippen LogP contribution in [0.4, 0.5) is 0 Å². The summed E-state index contributed by atoms with van der Waals surface area (Å²) in [5.41, 5.74) is 0. The van der Waals surface area contributed by atoms with E-state index in [1.165, 1.54) is 38.5 Å². The van der Waals surface area contributed by atoms with Gasteiger partial charge in [0.15, 0.2) is 5.96 Å². The predicted octanol–water partition coefficient (Wildman–Crippen LogP) is 2.30. The lowest BCUT2D eigenvalue weighted by atomic mass is 10.3. The van der Waals surface area contributed by atoms with E-state index in [1.54, 1.807) is 0 Å². The fourth-order valence-corrected chi connectivity index (χ4v) is 2.45. The largest absolute Gasteiger partial charge is 0.378 e. The number of nitrogens with zero attached hydrogens (tertiary/aromatic N) is 1. The van der Waals surface area contributed by atoms with Gasteiger partial charge in [0, 0.05) is 26.2 Å². The van der Waals surface area contributed by atoms with Gasteiger partial charge < -0.3 is 15.4 Å². The molecule has 2 aliphatic rings. The Hall–Kier alpha value is -0.770. The van der Waals surface area contributed by atoms with Crippen molar-refractivity contribution in [3.05, 3.63) is 0 Å². The van der Waals surface area contributed by atoms with E-state index >= 15 is 0 Å². The Morgan fingerprint density at radius 1 is 1.16 bits per heavy atom. The van der Waals surface area contributed by atoms with Crippen LogP contribution in [0.1, 0.15) is 51.9 Å². The van der Waals surface area contributed by atoms with E-state index in [-0.39, 0.29) is 0 Å². The predicted molar refractivity (Wildman–Crippen MR) is 79.5 cm³/mol. The zero-order valence-electron chi connectivity index (χ0n) is 12.3. The minimum absolute atomic E-state index is 0.539. The van der Waals surface area contributed by atoms with Crippen molar-refractivity contribution in [3.8, 4) is 0 Å². The quantitative estimate of drug-likeness (QED) is 0.403. The van der Waals surface area contributed by atoms with Gasteiger partial charge in [-0.1, -0.05) is 12.8 Å². The lowest BCUT2D eigenvalue weighted by molar-refractivity contribution is 0.0574. The van der Waals surface area contributed by atoms with Gasteiger partial charge in [-0.3, -0.25) is 4.99 Å². The molecule has 0 aromatic carbocycles. The fourth-order valence-electron chi connectivity index (χ4n) is 2.45. The number of rotatable bonds is 8. The van der Waals surface area contributed by atoms with Crippen molar-refractivity contribution in [2.45, 2.75) is 58.0 Å². The van der Waals surface area contributed by atoms with E-state index in [1.807, 2.05) is 0 Å². The van der Waals surface area contributed by atoms with E-state index in [9.17, 15) is 0 Å². The van der Waals surface area contributed by atoms with Gasteiger partial charge in [0.05, 0.1) is 6.10 Å². The smallest absolute Gasteiger partial charge is 0.191 e. The Morgan fingerprint density at radius 2 is 1.95 bits per heavy atom. The number of ether oxygens (including phenoxy) is 1. The van der Waals surface area contributed by atoms with E-state index in [4.69, 9.17) is 4.74 Å². The molecule has 19 heavy (non-hydrogen) atoms. The van der Waals surface area contributed by atoms with Gasteiger partial charge in [0.1, 0.15) is 0 Å². The van der Waals surface area contributed by atoms with Crippen LogP contribution in [0.5, 0.6) is 0 Å². The molecule has 0 atom stereocenters. The molecule has 4 heteroatoms. The van der Waals surface area contributed by atoms with Gasteiger partial charge in [-0.15, -0.1) is 0 Å². The fraction of sp³-hybridized carbons (Fsp3) is 0.933. The van der Waals surface area contributed by atoms with Crippen molar-refractivity contribution in [3.63, 3.8) is 0 Å². The van der Waals surface area contributed by atoms with Crippen molar-refractivity contribution in [2.75, 3.05) is 26.2 Å². The van der Waals surface area contributed by atoms with E-state index in [0.29, 0.717) is 6.10 Å². The second-order valence-electron chi connectivity index (χ2n) is 5.72. The van der Waals surface area contributed by atoms with Gasteiger partial charge in [-0.2, -0.15) is 0 Å². The maximum atomic E-state index is 5.85. The Labute approximate surface area is 117 Å². The number of hydrogen-bond donors (Lipinski definition) is 2. The standard InChI is InChI=1S/C15H29N3O/c1-2-16-15(18-12-13-8-9-13)17-10-5-11-19-14-6-3-4-7-14/h13-14H,2-12H2,1H3,(H2,16,17,18). The van der Waals surface area contributed by atoms with Crippen LogP contribution in [0, 0.1) is 5.92 Å². The normalized spacial score (nSPS) is 20.8. The molecule has 110 valence electrons. The minimum atomic E-state index is 0.539. The molecule has 0 spiro atoms. The molecule has 2 rings (SSSR count). The van der Waals surface area contributed by atoms with Crippen molar-refractivity contribution in [1.82, 2.24) is 10.6 Å². The van der Waals surface area contributed by atoms with Gasteiger partial charge in [0.25, 0.3) is 0 Å². The molecule has 0 heterocycles. The molecule has 0 radical (unpaired) electrons. The molecule has 4 nitrogen and oxygen atoms in total. The molecule has 2 aliphatic carbocycles. The summed E-state index contributed by atoms with van der Waals surface area (Å²) in [5.74, 6) is 1.82. The zero-order valence-corrected chi connectivity index (χ0v) is 12.3. The summed E-state index contributed by atoms with van der Waals surface area (Å²) in [6, 6.07) is 0. The van der Waals surface area contributed by atoms with Crippen LogP contribution in [-0.4, -0.2) is 38.3 Å². The number of guanidine groups is 1. The van der Waals surface area contributed by atoms with Gasteiger partial charge >= 0.3 is 0 Å². The molecule has 0 aromatic heterocycles. The second kappa shape index (κ2) is 8.41. The lowest BCUT2D eigenvalue weighted by Crippen LogP contribution is -2.38. The molecule has 0 bridgehead atoms. The molecule has 2 saturated carbocycles. The summed E-state index contributed by atoms with van der Waals surface area (Å²) in [6.45, 7) is 5.84. The van der Waals surface area contributed by atoms with Crippen LogP contribution >= 0.6 is 0 Å². The van der Waals surface area contributed by atoms with E-state index in [0.717, 1.165) is 44.5 Å². The Bertz CT molecular complexity index is 271.